The van der Waals surface area contributed by atoms with Crippen LogP contribution in [0, 0.1) is 12.7 Å². The fraction of sp³-hybridized carbons (Fsp3) is 0.375. The highest BCUT2D eigenvalue weighted by atomic mass is 32.2. The molecule has 1 fully saturated rings. The molecule has 1 atom stereocenters. The van der Waals surface area contributed by atoms with Crippen molar-refractivity contribution in [2.45, 2.75) is 39.2 Å². The molecule has 4 rings (SSSR count). The van der Waals surface area contributed by atoms with Crippen molar-refractivity contribution in [2.24, 2.45) is 10.8 Å². The SMILES string of the molecule is CCCS(=O)N1CCC(n2cc(-c3cnc(N)c(C(=Nc4cccc(C)c4F)NN)c3)cn2)CC1. The van der Waals surface area contributed by atoms with E-state index in [9.17, 15) is 8.60 Å². The summed E-state index contributed by atoms with van der Waals surface area (Å²) < 4.78 is 30.8. The van der Waals surface area contributed by atoms with Gasteiger partial charge in [0, 0.05) is 42.4 Å². The summed E-state index contributed by atoms with van der Waals surface area (Å²) in [5, 5.41) is 4.57. The Kier molecular flexibility index (Phi) is 7.89. The molecule has 3 heterocycles. The van der Waals surface area contributed by atoms with Gasteiger partial charge in [-0.15, -0.1) is 0 Å². The van der Waals surface area contributed by atoms with E-state index in [0.29, 0.717) is 16.9 Å². The molecular weight excluding hydrogens is 467 g/mol. The van der Waals surface area contributed by atoms with E-state index in [1.807, 2.05) is 23.9 Å². The summed E-state index contributed by atoms with van der Waals surface area (Å²) in [4.78, 5) is 8.66. The van der Waals surface area contributed by atoms with Crippen molar-refractivity contribution in [1.29, 1.82) is 0 Å². The molecule has 1 unspecified atom stereocenters. The van der Waals surface area contributed by atoms with Crippen molar-refractivity contribution < 1.29 is 8.60 Å². The summed E-state index contributed by atoms with van der Waals surface area (Å²) >= 11 is 0. The third-order valence-corrected chi connectivity index (χ3v) is 7.81. The van der Waals surface area contributed by atoms with Crippen LogP contribution >= 0.6 is 0 Å². The first-order chi connectivity index (χ1) is 16.9. The maximum absolute atomic E-state index is 14.5. The first-order valence-electron chi connectivity index (χ1n) is 11.7. The lowest BCUT2D eigenvalue weighted by Gasteiger charge is -2.30. The van der Waals surface area contributed by atoms with Crippen LogP contribution in [0.2, 0.25) is 0 Å². The lowest BCUT2D eigenvalue weighted by Crippen LogP contribution is -2.36. The molecule has 0 radical (unpaired) electrons. The summed E-state index contributed by atoms with van der Waals surface area (Å²) in [6.45, 7) is 5.30. The maximum atomic E-state index is 14.5. The number of aliphatic imine (C=N–C) groups is 1. The minimum atomic E-state index is -0.898. The molecule has 0 saturated carbocycles. The van der Waals surface area contributed by atoms with E-state index in [0.717, 1.165) is 43.5 Å². The Bertz CT molecular complexity index is 1240. The van der Waals surface area contributed by atoms with E-state index < -0.39 is 16.8 Å². The largest absolute Gasteiger partial charge is 0.383 e. The second kappa shape index (κ2) is 11.1. The van der Waals surface area contributed by atoms with E-state index >= 15 is 0 Å². The molecule has 1 aliphatic rings. The van der Waals surface area contributed by atoms with Crippen molar-refractivity contribution in [1.82, 2.24) is 24.5 Å². The van der Waals surface area contributed by atoms with Gasteiger partial charge in [-0.2, -0.15) is 5.10 Å². The van der Waals surface area contributed by atoms with Gasteiger partial charge in [-0.3, -0.25) is 4.68 Å². The molecule has 2 aromatic heterocycles. The van der Waals surface area contributed by atoms with Gasteiger partial charge in [0.15, 0.2) is 11.7 Å². The van der Waals surface area contributed by atoms with Crippen LogP contribution in [0.3, 0.4) is 0 Å². The highest BCUT2D eigenvalue weighted by molar-refractivity contribution is 7.82. The van der Waals surface area contributed by atoms with E-state index in [-0.39, 0.29) is 23.4 Å². The van der Waals surface area contributed by atoms with Crippen LogP contribution in [0.25, 0.3) is 11.1 Å². The third-order valence-electron chi connectivity index (χ3n) is 6.11. The standard InChI is InChI=1S/C24H31FN8OS/c1-3-11-35(34)32-9-7-19(8-10-32)33-15-18(14-29-33)17-12-20(23(26)28-13-17)24(31-27)30-21-6-4-5-16(2)22(21)25/h4-6,12-15,19H,3,7-11,27H2,1-2H3,(H2,26,28)(H,30,31). The number of hydrogen-bond acceptors (Lipinski definition) is 6. The number of nitrogen functional groups attached to an aromatic ring is 1. The smallest absolute Gasteiger partial charge is 0.151 e. The Hall–Kier alpha value is -3.15. The topological polar surface area (TPSA) is 127 Å². The number of rotatable bonds is 7. The molecule has 1 aliphatic heterocycles. The Morgan fingerprint density at radius 1 is 1.29 bits per heavy atom. The van der Waals surface area contributed by atoms with Crippen LogP contribution in [-0.2, 0) is 11.0 Å². The number of halogens is 1. The van der Waals surface area contributed by atoms with Gasteiger partial charge in [-0.1, -0.05) is 19.1 Å². The molecule has 0 aliphatic carbocycles. The first-order valence-corrected chi connectivity index (χ1v) is 12.9. The zero-order valence-electron chi connectivity index (χ0n) is 19.9. The van der Waals surface area contributed by atoms with E-state index in [1.54, 1.807) is 37.5 Å². The highest BCUT2D eigenvalue weighted by Crippen LogP contribution is 2.28. The first kappa shape index (κ1) is 25.0. The van der Waals surface area contributed by atoms with Crippen molar-refractivity contribution >= 4 is 28.3 Å². The maximum Gasteiger partial charge on any atom is 0.151 e. The number of amidine groups is 1. The lowest BCUT2D eigenvalue weighted by molar-refractivity contribution is 0.269. The average Bonchev–Trinajstić information content (AvgIpc) is 3.36. The Morgan fingerprint density at radius 3 is 2.77 bits per heavy atom. The van der Waals surface area contributed by atoms with Gasteiger partial charge in [-0.25, -0.2) is 28.7 Å². The van der Waals surface area contributed by atoms with Crippen LogP contribution < -0.4 is 17.0 Å². The molecule has 11 heteroatoms. The molecule has 1 saturated heterocycles. The number of aryl methyl sites for hydroxylation is 1. The minimum absolute atomic E-state index is 0.154. The molecule has 35 heavy (non-hydrogen) atoms. The van der Waals surface area contributed by atoms with Crippen LogP contribution in [0.1, 0.15) is 43.4 Å². The Balaban J connectivity index is 1.55. The number of nitrogens with zero attached hydrogens (tertiary/aromatic N) is 5. The van der Waals surface area contributed by atoms with Crippen LogP contribution in [0.4, 0.5) is 15.9 Å². The zero-order chi connectivity index (χ0) is 24.9. The molecular formula is C24H31FN8OS. The summed E-state index contributed by atoms with van der Waals surface area (Å²) in [7, 11) is -0.898. The molecule has 9 nitrogen and oxygen atoms in total. The van der Waals surface area contributed by atoms with Gasteiger partial charge >= 0.3 is 0 Å². The molecule has 0 bridgehead atoms. The van der Waals surface area contributed by atoms with Gasteiger partial charge < -0.3 is 11.2 Å². The van der Waals surface area contributed by atoms with Crippen molar-refractivity contribution in [3.63, 3.8) is 0 Å². The van der Waals surface area contributed by atoms with E-state index in [4.69, 9.17) is 11.6 Å². The van der Waals surface area contributed by atoms with Gasteiger partial charge in [0.05, 0.1) is 28.8 Å². The summed E-state index contributed by atoms with van der Waals surface area (Å²) in [6, 6.07) is 7.02. The predicted molar refractivity (Wildman–Crippen MR) is 138 cm³/mol. The number of hydrazine groups is 1. The second-order valence-electron chi connectivity index (χ2n) is 8.56. The zero-order valence-corrected chi connectivity index (χ0v) is 20.8. The normalized spacial score (nSPS) is 16.4. The molecule has 5 N–H and O–H groups in total. The van der Waals surface area contributed by atoms with Crippen molar-refractivity contribution in [2.75, 3.05) is 24.6 Å². The van der Waals surface area contributed by atoms with Gasteiger partial charge in [0.2, 0.25) is 0 Å². The molecule has 0 spiro atoms. The average molecular weight is 499 g/mol. The molecule has 186 valence electrons. The molecule has 3 aromatic rings. The Labute approximate surface area is 207 Å². The number of benzene rings is 1. The van der Waals surface area contributed by atoms with E-state index in [1.165, 1.54) is 0 Å². The van der Waals surface area contributed by atoms with Crippen molar-refractivity contribution in [3.05, 3.63) is 59.8 Å². The number of nitrogens with two attached hydrogens (primary N) is 2. The third kappa shape index (κ3) is 5.58. The quantitative estimate of drug-likeness (QED) is 0.199. The highest BCUT2D eigenvalue weighted by Gasteiger charge is 2.24. The number of anilines is 1. The van der Waals surface area contributed by atoms with E-state index in [2.05, 4.69) is 24.8 Å². The minimum Gasteiger partial charge on any atom is -0.383 e. The number of hydrogen-bond donors (Lipinski definition) is 3. The van der Waals surface area contributed by atoms with Gasteiger partial charge in [-0.05, 0) is 43.9 Å². The number of aromatic nitrogens is 3. The second-order valence-corrected chi connectivity index (χ2v) is 10.1. The van der Waals surface area contributed by atoms with Crippen molar-refractivity contribution in [3.8, 4) is 11.1 Å². The predicted octanol–water partition coefficient (Wildman–Crippen LogP) is 3.23. The Morgan fingerprint density at radius 2 is 2.06 bits per heavy atom. The monoisotopic (exact) mass is 498 g/mol. The van der Waals surface area contributed by atoms with Gasteiger partial charge in [0.1, 0.15) is 11.5 Å². The molecule has 1 aromatic carbocycles. The lowest BCUT2D eigenvalue weighted by atomic mass is 10.1. The number of pyridine rings is 1. The van der Waals surface area contributed by atoms with Crippen LogP contribution in [0.15, 0.2) is 47.8 Å². The fourth-order valence-corrected chi connectivity index (χ4v) is 5.36. The number of piperidine rings is 1. The summed E-state index contributed by atoms with van der Waals surface area (Å²) in [5.41, 5.74) is 11.4. The van der Waals surface area contributed by atoms with Gasteiger partial charge in [0.25, 0.3) is 0 Å². The summed E-state index contributed by atoms with van der Waals surface area (Å²) in [5.74, 6) is 6.44. The fourth-order valence-electron chi connectivity index (χ4n) is 4.13. The van der Waals surface area contributed by atoms with Crippen LogP contribution in [0.5, 0.6) is 0 Å². The molecule has 0 amide bonds. The van der Waals surface area contributed by atoms with Crippen LogP contribution in [-0.4, -0.2) is 48.0 Å². The number of nitrogens with one attached hydrogen (secondary N) is 1. The summed E-state index contributed by atoms with van der Waals surface area (Å²) in [6.07, 6.45) is 8.12.